The fourth-order valence-corrected chi connectivity index (χ4v) is 10.5. The van der Waals surface area contributed by atoms with Crippen molar-refractivity contribution in [3.63, 3.8) is 0 Å². The van der Waals surface area contributed by atoms with Gasteiger partial charge in [0.1, 0.15) is 0 Å². The van der Waals surface area contributed by atoms with E-state index in [1.807, 2.05) is 0 Å². The summed E-state index contributed by atoms with van der Waals surface area (Å²) in [5.41, 5.74) is 8.33. The summed E-state index contributed by atoms with van der Waals surface area (Å²) in [6.07, 6.45) is 7.04. The van der Waals surface area contributed by atoms with Crippen molar-refractivity contribution in [2.24, 2.45) is 0 Å². The zero-order chi connectivity index (χ0) is 52.4. The largest absolute Gasteiger partial charge is 0.315 e. The van der Waals surface area contributed by atoms with E-state index in [0.717, 1.165) is 236 Å². The fraction of sp³-hybridized carbons (Fsp3) is 0.700. The van der Waals surface area contributed by atoms with Crippen LogP contribution in [0.2, 0.25) is 0 Å². The topological polar surface area (TPSA) is 157 Å². The van der Waals surface area contributed by atoms with Crippen molar-refractivity contribution in [2.45, 2.75) is 77.8 Å². The quantitative estimate of drug-likeness (QED) is 0.0701. The molecule has 3 aromatic rings. The van der Waals surface area contributed by atoms with Gasteiger partial charge in [-0.2, -0.15) is 0 Å². The minimum Gasteiger partial charge on any atom is -0.315 e. The summed E-state index contributed by atoms with van der Waals surface area (Å²) in [7, 11) is 0. The first-order valence-electron chi connectivity index (χ1n) is 30.4. The molecule has 0 bridgehead atoms. The number of benzene rings is 3. The molecular formula is C60H108N16. The smallest absolute Gasteiger partial charge is 0.0234 e. The van der Waals surface area contributed by atoms with E-state index in [-0.39, 0.29) is 0 Å². The lowest BCUT2D eigenvalue weighted by Crippen LogP contribution is -2.40. The average Bonchev–Trinajstić information content (AvgIpc) is 3.43. The van der Waals surface area contributed by atoms with Gasteiger partial charge in [-0.15, -0.1) is 0 Å². The van der Waals surface area contributed by atoms with Gasteiger partial charge in [-0.05, 0) is 150 Å². The Morgan fingerprint density at radius 1 is 0.303 bits per heavy atom. The summed E-state index contributed by atoms with van der Waals surface area (Å²) < 4.78 is 0. The van der Waals surface area contributed by atoms with Crippen LogP contribution < -0.4 is 63.8 Å². The van der Waals surface area contributed by atoms with Crippen LogP contribution in [0.25, 0.3) is 0 Å². The average molecular weight is 1050 g/mol. The number of hydrogen-bond acceptors (Lipinski definition) is 16. The Morgan fingerprint density at radius 3 is 0.868 bits per heavy atom. The van der Waals surface area contributed by atoms with Crippen molar-refractivity contribution in [1.29, 1.82) is 0 Å². The first-order valence-corrected chi connectivity index (χ1v) is 30.4. The van der Waals surface area contributed by atoms with Gasteiger partial charge in [-0.3, -0.25) is 19.6 Å². The molecule has 3 aliphatic heterocycles. The molecule has 0 unspecified atom stereocenters. The molecule has 3 aliphatic rings. The van der Waals surface area contributed by atoms with E-state index < -0.39 is 0 Å². The molecule has 3 fully saturated rings. The van der Waals surface area contributed by atoms with Gasteiger partial charge in [0.25, 0.3) is 0 Å². The van der Waals surface area contributed by atoms with Crippen LogP contribution in [-0.2, 0) is 39.3 Å². The molecule has 0 atom stereocenters. The zero-order valence-electron chi connectivity index (χ0n) is 47.4. The molecule has 76 heavy (non-hydrogen) atoms. The van der Waals surface area contributed by atoms with Crippen molar-refractivity contribution >= 4 is 0 Å². The van der Waals surface area contributed by atoms with E-state index in [9.17, 15) is 0 Å². The summed E-state index contributed by atoms with van der Waals surface area (Å²) in [6.45, 7) is 37.2. The highest BCUT2D eigenvalue weighted by molar-refractivity contribution is 5.25. The van der Waals surface area contributed by atoms with Gasteiger partial charge < -0.3 is 63.8 Å². The number of nitrogens with zero attached hydrogens (tertiary/aromatic N) is 4. The van der Waals surface area contributed by atoms with Crippen LogP contribution >= 0.6 is 0 Å². The highest BCUT2D eigenvalue weighted by atomic mass is 15.2. The maximum Gasteiger partial charge on any atom is 0.0234 e. The molecule has 428 valence electrons. The highest BCUT2D eigenvalue weighted by Crippen LogP contribution is 2.12. The lowest BCUT2D eigenvalue weighted by Gasteiger charge is -2.24. The Kier molecular flexibility index (Phi) is 34.4. The Hall–Kier alpha value is -2.98. The maximum absolute atomic E-state index is 3.84. The van der Waals surface area contributed by atoms with Crippen LogP contribution in [0.5, 0.6) is 0 Å². The second kappa shape index (κ2) is 42.0. The van der Waals surface area contributed by atoms with Gasteiger partial charge in [-0.1, -0.05) is 72.8 Å². The molecule has 3 heterocycles. The summed E-state index contributed by atoms with van der Waals surface area (Å²) in [6, 6.07) is 27.8. The highest BCUT2D eigenvalue weighted by Gasteiger charge is 2.12. The molecule has 0 saturated carbocycles. The molecule has 0 aliphatic carbocycles. The summed E-state index contributed by atoms with van der Waals surface area (Å²) >= 11 is 0. The predicted molar refractivity (Wildman–Crippen MR) is 320 cm³/mol. The molecule has 0 aromatic heterocycles. The van der Waals surface area contributed by atoms with E-state index in [1.54, 1.807) is 0 Å². The van der Waals surface area contributed by atoms with Crippen LogP contribution in [0.15, 0.2) is 72.8 Å². The normalized spacial score (nSPS) is 19.9. The molecule has 3 aromatic carbocycles. The van der Waals surface area contributed by atoms with Crippen molar-refractivity contribution in [3.8, 4) is 0 Å². The molecule has 3 saturated heterocycles. The minimum absolute atomic E-state index is 0.884. The van der Waals surface area contributed by atoms with Crippen molar-refractivity contribution in [1.82, 2.24) is 83.4 Å². The van der Waals surface area contributed by atoms with Crippen LogP contribution in [-0.4, -0.2) is 216 Å². The summed E-state index contributed by atoms with van der Waals surface area (Å²) in [5.74, 6) is 0. The van der Waals surface area contributed by atoms with Crippen molar-refractivity contribution in [3.05, 3.63) is 106 Å². The van der Waals surface area contributed by atoms with Gasteiger partial charge in [0.2, 0.25) is 0 Å². The monoisotopic (exact) mass is 1050 g/mol. The predicted octanol–water partition coefficient (Wildman–Crippen LogP) is 1.75. The number of rotatable bonds is 21. The van der Waals surface area contributed by atoms with E-state index in [4.69, 9.17) is 0 Å². The van der Waals surface area contributed by atoms with Gasteiger partial charge >= 0.3 is 0 Å². The minimum atomic E-state index is 0.884. The Bertz CT molecular complexity index is 1610. The third-order valence-electron chi connectivity index (χ3n) is 14.8. The summed E-state index contributed by atoms with van der Waals surface area (Å²) in [5, 5.41) is 44.0. The first-order chi connectivity index (χ1) is 37.7. The maximum atomic E-state index is 3.84. The Labute approximate surface area is 461 Å². The second-order valence-electron chi connectivity index (χ2n) is 21.5. The SMILES string of the molecule is c1cc(CNCCN(CCNCc2cccc(CN3CCCNCCNCCCNCC3)c2)CCNCc2cccc(CN3CCCNCCNCCCNCC3)c2)cc(CN2CCCNCCNCCCNCC2)c1. The van der Waals surface area contributed by atoms with Gasteiger partial charge in [0, 0.05) is 157 Å². The van der Waals surface area contributed by atoms with Crippen LogP contribution in [0, 0.1) is 0 Å². The molecule has 16 nitrogen and oxygen atoms in total. The molecule has 6 rings (SSSR count). The third-order valence-corrected chi connectivity index (χ3v) is 14.8. The molecule has 16 heteroatoms. The summed E-state index contributed by atoms with van der Waals surface area (Å²) in [4.78, 5) is 10.5. The van der Waals surface area contributed by atoms with E-state index in [2.05, 4.69) is 156 Å². The lowest BCUT2D eigenvalue weighted by molar-refractivity contribution is 0.259. The molecule has 12 N–H and O–H groups in total. The van der Waals surface area contributed by atoms with Crippen molar-refractivity contribution in [2.75, 3.05) is 196 Å². The molecule has 0 spiro atoms. The van der Waals surface area contributed by atoms with E-state index >= 15 is 0 Å². The second-order valence-corrected chi connectivity index (χ2v) is 21.5. The van der Waals surface area contributed by atoms with Gasteiger partial charge in [0.05, 0.1) is 0 Å². The Balaban J connectivity index is 0.979. The fourth-order valence-electron chi connectivity index (χ4n) is 10.5. The standard InChI is InChI=1S/C60H108N16/c1-10-55(46-58(13-1)52-74-37-7-22-64-28-25-61-16-4-19-67-31-43-74)49-70-34-40-73(41-35-71-50-56-11-2-14-59(47-56)53-75-38-8-23-65-29-26-62-17-5-20-68-32-44-75)42-36-72-51-57-12-3-15-60(48-57)54-76-39-9-24-66-30-27-63-18-6-21-69-33-45-76/h1-3,10-15,46-48,61-72H,4-9,16-45,49-54H2. The van der Waals surface area contributed by atoms with Gasteiger partial charge in [-0.25, -0.2) is 0 Å². The zero-order valence-corrected chi connectivity index (χ0v) is 47.4. The Morgan fingerprint density at radius 2 is 0.566 bits per heavy atom. The molecule has 0 amide bonds. The van der Waals surface area contributed by atoms with E-state index in [1.165, 1.54) is 71.9 Å². The van der Waals surface area contributed by atoms with E-state index in [0.29, 0.717) is 0 Å². The van der Waals surface area contributed by atoms with Crippen LogP contribution in [0.3, 0.4) is 0 Å². The van der Waals surface area contributed by atoms with Gasteiger partial charge in [0.15, 0.2) is 0 Å². The molecular weight excluding hydrogens is 945 g/mol. The van der Waals surface area contributed by atoms with Crippen LogP contribution in [0.1, 0.15) is 71.9 Å². The number of hydrogen-bond donors (Lipinski definition) is 12. The molecule has 0 radical (unpaired) electrons. The third kappa shape index (κ3) is 29.8. The number of nitrogens with one attached hydrogen (secondary N) is 12. The first kappa shape index (κ1) is 62.2. The van der Waals surface area contributed by atoms with Crippen molar-refractivity contribution < 1.29 is 0 Å². The lowest BCUT2D eigenvalue weighted by atomic mass is 10.1. The van der Waals surface area contributed by atoms with Crippen LogP contribution in [0.4, 0.5) is 0 Å².